The molecule has 110 valence electrons. The first kappa shape index (κ1) is 13.1. The number of halogens is 1. The van der Waals surface area contributed by atoms with Crippen LogP contribution in [-0.4, -0.2) is 18.0 Å². The summed E-state index contributed by atoms with van der Waals surface area (Å²) in [6.07, 6.45) is 1.83. The molecule has 1 saturated heterocycles. The Kier molecular flexibility index (Phi) is 2.80. The van der Waals surface area contributed by atoms with Gasteiger partial charge in [-0.2, -0.15) is 0 Å². The van der Waals surface area contributed by atoms with Crippen LogP contribution in [0.3, 0.4) is 0 Å². The number of carbonyl (C=O) groups excluding carboxylic acids is 2. The Balaban J connectivity index is 1.55. The second-order valence-corrected chi connectivity index (χ2v) is 6.78. The topological polar surface area (TPSA) is 55.4 Å². The lowest BCUT2D eigenvalue weighted by atomic mass is 9.79. The number of fused-ring (bicyclic) bond motifs is 1. The first-order valence-corrected chi connectivity index (χ1v) is 7.70. The largest absolute Gasteiger partial charge is 0.462 e. The molecule has 1 N–H and O–H groups in total. The third-order valence-electron chi connectivity index (χ3n) is 5.23. The van der Waals surface area contributed by atoms with Gasteiger partial charge in [0, 0.05) is 16.6 Å². The van der Waals surface area contributed by atoms with Crippen LogP contribution in [-0.2, 0) is 14.3 Å². The summed E-state index contributed by atoms with van der Waals surface area (Å²) in [7, 11) is 0. The van der Waals surface area contributed by atoms with Crippen molar-refractivity contribution in [3.63, 3.8) is 0 Å². The number of anilines is 1. The second-order valence-electron chi connectivity index (χ2n) is 6.38. The molecule has 0 spiro atoms. The van der Waals surface area contributed by atoms with Gasteiger partial charge in [-0.05, 0) is 43.4 Å². The van der Waals surface area contributed by atoms with Gasteiger partial charge in [-0.15, -0.1) is 0 Å². The lowest BCUT2D eigenvalue weighted by Gasteiger charge is -2.23. The molecule has 1 heterocycles. The highest BCUT2D eigenvalue weighted by Crippen LogP contribution is 2.57. The number of benzene rings is 1. The van der Waals surface area contributed by atoms with Crippen LogP contribution in [0.15, 0.2) is 18.2 Å². The third kappa shape index (κ3) is 1.89. The fourth-order valence-electron chi connectivity index (χ4n) is 4.26. The normalized spacial score (nSPS) is 35.9. The van der Waals surface area contributed by atoms with Crippen LogP contribution >= 0.6 is 11.6 Å². The van der Waals surface area contributed by atoms with Gasteiger partial charge < -0.3 is 10.1 Å². The molecule has 0 aromatic heterocycles. The van der Waals surface area contributed by atoms with Crippen LogP contribution in [0.5, 0.6) is 0 Å². The summed E-state index contributed by atoms with van der Waals surface area (Å²) in [5.41, 5.74) is 1.65. The summed E-state index contributed by atoms with van der Waals surface area (Å²) in [5, 5.41) is 3.53. The summed E-state index contributed by atoms with van der Waals surface area (Å²) in [4.78, 5) is 24.5. The van der Waals surface area contributed by atoms with Gasteiger partial charge in [0.1, 0.15) is 6.10 Å². The number of hydrogen-bond acceptors (Lipinski definition) is 3. The minimum Gasteiger partial charge on any atom is -0.462 e. The SMILES string of the molecule is Cc1ccc(NC(=O)[C@@H]2[C@@H]3C[C@@H]4[C@H]2C(=O)O[C@@H]4C3)cc1Cl. The van der Waals surface area contributed by atoms with Gasteiger partial charge in [0.05, 0.1) is 11.8 Å². The minimum atomic E-state index is -0.249. The zero-order chi connectivity index (χ0) is 14.7. The Morgan fingerprint density at radius 3 is 2.95 bits per heavy atom. The second kappa shape index (κ2) is 4.47. The molecular formula is C16H16ClNO3. The fourth-order valence-corrected chi connectivity index (χ4v) is 4.44. The molecule has 2 aliphatic carbocycles. The van der Waals surface area contributed by atoms with Gasteiger partial charge in [0.25, 0.3) is 0 Å². The number of nitrogens with one attached hydrogen (secondary N) is 1. The molecule has 3 fully saturated rings. The van der Waals surface area contributed by atoms with E-state index < -0.39 is 0 Å². The number of ether oxygens (including phenoxy) is 1. The number of amides is 1. The van der Waals surface area contributed by atoms with Crippen molar-refractivity contribution in [3.8, 4) is 0 Å². The summed E-state index contributed by atoms with van der Waals surface area (Å²) in [6, 6.07) is 5.46. The van der Waals surface area contributed by atoms with Crippen molar-refractivity contribution in [1.82, 2.24) is 0 Å². The van der Waals surface area contributed by atoms with E-state index in [0.29, 0.717) is 10.7 Å². The Hall–Kier alpha value is -1.55. The van der Waals surface area contributed by atoms with Crippen molar-refractivity contribution in [2.45, 2.75) is 25.9 Å². The molecule has 5 heteroatoms. The van der Waals surface area contributed by atoms with E-state index in [1.807, 2.05) is 19.1 Å². The Bertz CT molecular complexity index is 642. The van der Waals surface area contributed by atoms with Crippen molar-refractivity contribution in [2.24, 2.45) is 23.7 Å². The van der Waals surface area contributed by atoms with Gasteiger partial charge in [0.2, 0.25) is 5.91 Å². The van der Waals surface area contributed by atoms with Crippen LogP contribution in [0, 0.1) is 30.6 Å². The van der Waals surface area contributed by atoms with E-state index >= 15 is 0 Å². The molecule has 1 aliphatic heterocycles. The standard InChI is InChI=1S/C16H16ClNO3/c1-7-2-3-9(6-11(7)17)18-15(19)13-8-4-10-12(5-8)21-16(20)14(10)13/h2-3,6,8,10,12-14H,4-5H2,1H3,(H,18,19)/t8-,10+,12-,13-,14-/m1/s1. The lowest BCUT2D eigenvalue weighted by Crippen LogP contribution is -2.35. The van der Waals surface area contributed by atoms with Crippen LogP contribution in [0.1, 0.15) is 18.4 Å². The Labute approximate surface area is 127 Å². The molecule has 0 radical (unpaired) electrons. The maximum absolute atomic E-state index is 12.6. The Morgan fingerprint density at radius 1 is 1.38 bits per heavy atom. The average molecular weight is 306 g/mol. The molecule has 1 aromatic rings. The maximum atomic E-state index is 12.6. The van der Waals surface area contributed by atoms with Crippen LogP contribution in [0.25, 0.3) is 0 Å². The van der Waals surface area contributed by atoms with Crippen molar-refractivity contribution in [3.05, 3.63) is 28.8 Å². The van der Waals surface area contributed by atoms with E-state index in [1.54, 1.807) is 6.07 Å². The molecule has 3 aliphatic rings. The van der Waals surface area contributed by atoms with E-state index in [1.165, 1.54) is 0 Å². The number of carbonyl (C=O) groups is 2. The van der Waals surface area contributed by atoms with E-state index in [9.17, 15) is 9.59 Å². The molecule has 21 heavy (non-hydrogen) atoms. The molecule has 1 aromatic carbocycles. The highest BCUT2D eigenvalue weighted by atomic mass is 35.5. The van der Waals surface area contributed by atoms with Crippen molar-refractivity contribution >= 4 is 29.2 Å². The van der Waals surface area contributed by atoms with Crippen molar-refractivity contribution in [2.75, 3.05) is 5.32 Å². The zero-order valence-corrected chi connectivity index (χ0v) is 12.4. The molecule has 4 rings (SSSR count). The van der Waals surface area contributed by atoms with E-state index in [-0.39, 0.29) is 41.7 Å². The van der Waals surface area contributed by atoms with Crippen molar-refractivity contribution in [1.29, 1.82) is 0 Å². The molecule has 2 saturated carbocycles. The van der Waals surface area contributed by atoms with Gasteiger partial charge in [0.15, 0.2) is 0 Å². The Morgan fingerprint density at radius 2 is 2.19 bits per heavy atom. The average Bonchev–Trinajstić information content (AvgIpc) is 3.04. The maximum Gasteiger partial charge on any atom is 0.310 e. The summed E-state index contributed by atoms with van der Waals surface area (Å²) < 4.78 is 5.36. The summed E-state index contributed by atoms with van der Waals surface area (Å²) >= 11 is 6.08. The first-order valence-electron chi connectivity index (χ1n) is 7.32. The van der Waals surface area contributed by atoms with Crippen molar-refractivity contribution < 1.29 is 14.3 Å². The molecule has 0 unspecified atom stereocenters. The lowest BCUT2D eigenvalue weighted by molar-refractivity contribution is -0.145. The van der Waals surface area contributed by atoms with Crippen LogP contribution in [0.2, 0.25) is 5.02 Å². The number of esters is 1. The number of aryl methyl sites for hydroxylation is 1. The van der Waals surface area contributed by atoms with Crippen LogP contribution < -0.4 is 5.32 Å². The molecular weight excluding hydrogens is 290 g/mol. The highest BCUT2D eigenvalue weighted by Gasteiger charge is 2.63. The predicted molar refractivity (Wildman–Crippen MR) is 77.9 cm³/mol. The minimum absolute atomic E-state index is 0.0605. The van der Waals surface area contributed by atoms with E-state index in [4.69, 9.17) is 16.3 Å². The molecule has 2 bridgehead atoms. The van der Waals surface area contributed by atoms with Crippen LogP contribution in [0.4, 0.5) is 5.69 Å². The predicted octanol–water partition coefficient (Wildman–Crippen LogP) is 2.78. The molecule has 1 amide bonds. The first-order chi connectivity index (χ1) is 10.0. The van der Waals surface area contributed by atoms with E-state index in [2.05, 4.69) is 5.32 Å². The molecule has 5 atom stereocenters. The smallest absolute Gasteiger partial charge is 0.310 e. The summed E-state index contributed by atoms with van der Waals surface area (Å²) in [6.45, 7) is 1.92. The fraction of sp³-hybridized carbons (Fsp3) is 0.500. The quantitative estimate of drug-likeness (QED) is 0.855. The van der Waals surface area contributed by atoms with Gasteiger partial charge in [-0.1, -0.05) is 17.7 Å². The monoisotopic (exact) mass is 305 g/mol. The van der Waals surface area contributed by atoms with E-state index in [0.717, 1.165) is 18.4 Å². The van der Waals surface area contributed by atoms with Gasteiger partial charge in [-0.3, -0.25) is 9.59 Å². The highest BCUT2D eigenvalue weighted by molar-refractivity contribution is 6.31. The number of rotatable bonds is 2. The third-order valence-corrected chi connectivity index (χ3v) is 5.63. The number of hydrogen-bond donors (Lipinski definition) is 1. The van der Waals surface area contributed by atoms with Gasteiger partial charge in [-0.25, -0.2) is 0 Å². The van der Waals surface area contributed by atoms with Gasteiger partial charge >= 0.3 is 5.97 Å². The summed E-state index contributed by atoms with van der Waals surface area (Å²) in [5.74, 6) is -0.231. The zero-order valence-electron chi connectivity index (χ0n) is 11.6. The molecule has 4 nitrogen and oxygen atoms in total.